The summed E-state index contributed by atoms with van der Waals surface area (Å²) in [6.45, 7) is 0. The Kier molecular flexibility index (Phi) is 6.01. The number of phenols is 1. The topological polar surface area (TPSA) is 121 Å². The second kappa shape index (κ2) is 7.55. The maximum atomic E-state index is 12.6. The molecule has 0 bridgehead atoms. The van der Waals surface area contributed by atoms with Gasteiger partial charge in [-0.15, -0.1) is 0 Å². The fourth-order valence-electron chi connectivity index (χ4n) is 2.39. The summed E-state index contributed by atoms with van der Waals surface area (Å²) in [5.41, 5.74) is 0.227. The third kappa shape index (κ3) is 4.20. The summed E-state index contributed by atoms with van der Waals surface area (Å²) >= 11 is 0. The Balaban J connectivity index is 0.00000243. The Labute approximate surface area is 172 Å². The Morgan fingerprint density at radius 2 is 1.35 bits per heavy atom. The van der Waals surface area contributed by atoms with E-state index in [1.807, 2.05) is 0 Å². The minimum absolute atomic E-state index is 0. The first-order valence-electron chi connectivity index (χ1n) is 6.99. The summed E-state index contributed by atoms with van der Waals surface area (Å²) in [6, 6.07) is 13.8. The van der Waals surface area contributed by atoms with E-state index >= 15 is 0 Å². The van der Waals surface area contributed by atoms with E-state index in [0.717, 1.165) is 12.1 Å². The number of benzene rings is 3. The molecule has 0 amide bonds. The first kappa shape index (κ1) is 20.7. The molecule has 3 aromatic rings. The van der Waals surface area contributed by atoms with E-state index in [1.54, 1.807) is 24.3 Å². The predicted molar refractivity (Wildman–Crippen MR) is 92.7 cm³/mol. The van der Waals surface area contributed by atoms with Crippen molar-refractivity contribution in [2.75, 3.05) is 4.72 Å². The Morgan fingerprint density at radius 1 is 0.769 bits per heavy atom. The molecular weight excluding hydrogens is 389 g/mol. The largest absolute Gasteiger partial charge is 1.00 e. The van der Waals surface area contributed by atoms with Crippen molar-refractivity contribution in [3.05, 3.63) is 60.7 Å². The van der Waals surface area contributed by atoms with Gasteiger partial charge in [-0.25, -0.2) is 8.42 Å². The van der Waals surface area contributed by atoms with E-state index in [-0.39, 0.29) is 45.9 Å². The van der Waals surface area contributed by atoms with Crippen molar-refractivity contribution in [2.24, 2.45) is 0 Å². The van der Waals surface area contributed by atoms with Crippen LogP contribution in [0.2, 0.25) is 0 Å². The summed E-state index contributed by atoms with van der Waals surface area (Å²) in [6.07, 6.45) is 0. The molecule has 3 aromatic carbocycles. The van der Waals surface area contributed by atoms with E-state index < -0.39 is 25.0 Å². The number of anilines is 1. The Morgan fingerprint density at radius 3 is 2.04 bits per heavy atom. The zero-order valence-corrected chi connectivity index (χ0v) is 17.3. The van der Waals surface area contributed by atoms with Crippen molar-refractivity contribution in [3.63, 3.8) is 0 Å². The summed E-state index contributed by atoms with van der Waals surface area (Å²) < 4.78 is 58.9. The number of aromatic hydroxyl groups is 1. The maximum absolute atomic E-state index is 12.6. The van der Waals surface area contributed by atoms with E-state index in [2.05, 4.69) is 4.72 Å². The molecule has 3 N–H and O–H groups in total. The predicted octanol–water partition coefficient (Wildman–Crippen LogP) is -0.403. The molecule has 130 valence electrons. The molecule has 0 aliphatic rings. The van der Waals surface area contributed by atoms with Gasteiger partial charge in [0.15, 0.2) is 0 Å². The van der Waals surface area contributed by atoms with Crippen LogP contribution in [0.25, 0.3) is 10.8 Å². The van der Waals surface area contributed by atoms with E-state index in [4.69, 9.17) is 4.55 Å². The molecule has 0 saturated carbocycles. The van der Waals surface area contributed by atoms with E-state index in [9.17, 15) is 21.9 Å². The van der Waals surface area contributed by atoms with Crippen molar-refractivity contribution in [1.82, 2.24) is 0 Å². The second-order valence-corrected chi connectivity index (χ2v) is 8.34. The maximum Gasteiger partial charge on any atom is 1.00 e. The molecule has 0 aliphatic heterocycles. The molecule has 0 spiro atoms. The number of sulfonamides is 1. The Bertz CT molecular complexity index is 1180. The zero-order chi connectivity index (χ0) is 18.2. The van der Waals surface area contributed by atoms with Gasteiger partial charge in [-0.3, -0.25) is 9.27 Å². The normalized spacial score (nSPS) is 11.7. The van der Waals surface area contributed by atoms with Gasteiger partial charge in [-0.05, 0) is 30.3 Å². The summed E-state index contributed by atoms with van der Waals surface area (Å²) in [4.78, 5) is -0.842. The van der Waals surface area contributed by atoms with Gasteiger partial charge in [0, 0.05) is 10.8 Å². The van der Waals surface area contributed by atoms with Crippen LogP contribution < -0.4 is 34.3 Å². The van der Waals surface area contributed by atoms with Crippen molar-refractivity contribution >= 4 is 36.6 Å². The summed E-state index contributed by atoms with van der Waals surface area (Å²) in [5, 5.41) is 10.8. The third-order valence-corrected chi connectivity index (χ3v) is 5.77. The average molecular weight is 402 g/mol. The molecule has 10 heteroatoms. The molecule has 0 heterocycles. The van der Waals surface area contributed by atoms with Crippen LogP contribution in [0.1, 0.15) is 0 Å². The van der Waals surface area contributed by atoms with E-state index in [0.29, 0.717) is 10.8 Å². The fourth-order valence-corrected chi connectivity index (χ4v) is 4.11. The minimum atomic E-state index is -4.52. The molecular formula is C16H13NNaO6S2+. The van der Waals surface area contributed by atoms with Crippen LogP contribution in [0.4, 0.5) is 5.69 Å². The molecule has 0 unspecified atom stereocenters. The van der Waals surface area contributed by atoms with Crippen LogP contribution in [-0.2, 0) is 20.1 Å². The minimum Gasteiger partial charge on any atom is -0.507 e. The van der Waals surface area contributed by atoms with Crippen LogP contribution in [-0.4, -0.2) is 26.5 Å². The first-order valence-corrected chi connectivity index (χ1v) is 9.92. The van der Waals surface area contributed by atoms with Crippen LogP contribution in [0.3, 0.4) is 0 Å². The van der Waals surface area contributed by atoms with Crippen molar-refractivity contribution in [3.8, 4) is 5.75 Å². The molecule has 0 saturated heterocycles. The van der Waals surface area contributed by atoms with Crippen molar-refractivity contribution < 1.29 is 56.1 Å². The second-order valence-electron chi connectivity index (χ2n) is 5.23. The Hall–Kier alpha value is -1.62. The van der Waals surface area contributed by atoms with E-state index in [1.165, 1.54) is 24.3 Å². The number of phenolic OH excluding ortho intramolecular Hbond substituents is 1. The quantitative estimate of drug-likeness (QED) is 0.403. The first-order chi connectivity index (χ1) is 11.7. The molecule has 0 aromatic heterocycles. The number of rotatable bonds is 4. The van der Waals surface area contributed by atoms with Gasteiger partial charge in [0.1, 0.15) is 5.75 Å². The number of hydrogen-bond donors (Lipinski definition) is 3. The molecule has 26 heavy (non-hydrogen) atoms. The molecule has 0 fully saturated rings. The fraction of sp³-hybridized carbons (Fsp3) is 0. The smallest absolute Gasteiger partial charge is 0.507 e. The zero-order valence-electron chi connectivity index (χ0n) is 13.6. The van der Waals surface area contributed by atoms with Crippen LogP contribution in [0.5, 0.6) is 5.75 Å². The molecule has 3 rings (SSSR count). The van der Waals surface area contributed by atoms with Crippen molar-refractivity contribution in [1.29, 1.82) is 0 Å². The number of hydrogen-bond acceptors (Lipinski definition) is 5. The average Bonchev–Trinajstić information content (AvgIpc) is 2.55. The van der Waals surface area contributed by atoms with Gasteiger partial charge in [-0.2, -0.15) is 8.42 Å². The molecule has 0 aliphatic carbocycles. The van der Waals surface area contributed by atoms with Crippen molar-refractivity contribution in [2.45, 2.75) is 9.79 Å². The SMILES string of the molecule is O=S(=O)(O)c1cccc(S(=O)(=O)Nc2cccc3c(O)cccc23)c1.[Na+]. The number of fused-ring (bicyclic) bond motifs is 1. The van der Waals surface area contributed by atoms with Crippen LogP contribution in [0, 0.1) is 0 Å². The van der Waals surface area contributed by atoms with Gasteiger partial charge in [-0.1, -0.05) is 30.3 Å². The molecule has 0 atom stereocenters. The summed E-state index contributed by atoms with van der Waals surface area (Å²) in [7, 11) is -8.63. The van der Waals surface area contributed by atoms with Crippen LogP contribution in [0.15, 0.2) is 70.5 Å². The standard InChI is InChI=1S/C16H13NO6S2.Na/c18-16-9-3-6-13-14(16)7-2-8-15(13)17-24(19,20)11-4-1-5-12(10-11)25(21,22)23;/h1-10,17-18H,(H,21,22,23);/q;+1. The van der Waals surface area contributed by atoms with Gasteiger partial charge in [0.05, 0.1) is 15.5 Å². The van der Waals surface area contributed by atoms with Gasteiger partial charge >= 0.3 is 29.6 Å². The third-order valence-electron chi connectivity index (χ3n) is 3.56. The van der Waals surface area contributed by atoms with Gasteiger partial charge < -0.3 is 5.11 Å². The van der Waals surface area contributed by atoms with Crippen LogP contribution >= 0.6 is 0 Å². The summed E-state index contributed by atoms with van der Waals surface area (Å²) in [5.74, 6) is 0.00641. The molecule has 0 radical (unpaired) electrons. The van der Waals surface area contributed by atoms with Gasteiger partial charge in [0.25, 0.3) is 20.1 Å². The number of nitrogens with one attached hydrogen (secondary N) is 1. The monoisotopic (exact) mass is 402 g/mol. The molecule has 7 nitrogen and oxygen atoms in total. The van der Waals surface area contributed by atoms with Gasteiger partial charge in [0.2, 0.25) is 0 Å².